The van der Waals surface area contributed by atoms with Gasteiger partial charge in [-0.3, -0.25) is 15.0 Å². The van der Waals surface area contributed by atoms with Crippen LogP contribution in [-0.4, -0.2) is 46.7 Å². The third-order valence-corrected chi connectivity index (χ3v) is 16.1. The fourth-order valence-electron chi connectivity index (χ4n) is 4.85. The number of sulfone groups is 2. The highest BCUT2D eigenvalue weighted by atomic mass is 35.5. The van der Waals surface area contributed by atoms with Gasteiger partial charge in [-0.25, -0.2) is 31.2 Å². The molecule has 0 aliphatic carbocycles. The molecule has 1 atom stereocenters. The molecule has 0 aliphatic rings. The largest absolute Gasteiger partial charge is 0.337 e. The molecule has 9 rings (SSSR count). The summed E-state index contributed by atoms with van der Waals surface area (Å²) in [5.74, 6) is 0.265. The SMILES string of the molecule is ClCc1ccc(Cl)cn1.O=S(=O)(Cc1ccc(Cl)cn1)c1nc2ccccc2s1.O=S(=O)(c1nc2ccccc2s1)C(F)c1ccc(Cl)cn1.S=c1[nH]c2ccccc2s1. The predicted molar refractivity (Wildman–Crippen MR) is 245 cm³/mol. The van der Waals surface area contributed by atoms with Crippen molar-refractivity contribution in [1.82, 2.24) is 29.9 Å². The Morgan fingerprint density at radius 3 is 1.63 bits per heavy atom. The summed E-state index contributed by atoms with van der Waals surface area (Å²) in [5.41, 5.74) is 1.18. The minimum atomic E-state index is -4.23. The van der Waals surface area contributed by atoms with Crippen molar-refractivity contribution in [1.29, 1.82) is 0 Å². The lowest BCUT2D eigenvalue weighted by Gasteiger charge is -2.06. The fourth-order valence-corrected chi connectivity index (χ4v) is 11.6. The Labute approximate surface area is 380 Å². The molecule has 10 nitrogen and oxygen atoms in total. The number of thiazole rings is 3. The summed E-state index contributed by atoms with van der Waals surface area (Å²) in [6, 6.07) is 31.8. The number of H-pyrrole nitrogens is 1. The van der Waals surface area contributed by atoms with Crippen molar-refractivity contribution in [2.45, 2.75) is 25.8 Å². The van der Waals surface area contributed by atoms with E-state index in [0.717, 1.165) is 31.2 Å². The molecule has 0 bridgehead atoms. The van der Waals surface area contributed by atoms with Crippen LogP contribution in [0.3, 0.4) is 0 Å². The molecule has 1 unspecified atom stereocenters. The molecule has 1 N–H and O–H groups in total. The number of nitrogens with one attached hydrogen (secondary N) is 1. The van der Waals surface area contributed by atoms with Gasteiger partial charge in [0.25, 0.3) is 0 Å². The van der Waals surface area contributed by atoms with Crippen molar-refractivity contribution >= 4 is 143 Å². The van der Waals surface area contributed by atoms with Crippen molar-refractivity contribution < 1.29 is 21.2 Å². The first-order valence-corrected chi connectivity index (χ1v) is 24.7. The van der Waals surface area contributed by atoms with E-state index in [-0.39, 0.29) is 20.1 Å². The van der Waals surface area contributed by atoms with E-state index in [9.17, 15) is 21.2 Å². The molecule has 0 amide bonds. The molecule has 6 aromatic heterocycles. The summed E-state index contributed by atoms with van der Waals surface area (Å²) < 4.78 is 67.1. The van der Waals surface area contributed by atoms with E-state index in [4.69, 9.17) is 58.6 Å². The molecule has 0 saturated heterocycles. The van der Waals surface area contributed by atoms with Gasteiger partial charge in [-0.1, -0.05) is 71.2 Å². The fraction of sp³-hybridized carbons (Fsp3) is 0.0769. The van der Waals surface area contributed by atoms with Crippen LogP contribution in [-0.2, 0) is 31.3 Å². The second-order valence-electron chi connectivity index (χ2n) is 12.0. The van der Waals surface area contributed by atoms with Gasteiger partial charge >= 0.3 is 0 Å². The normalized spacial score (nSPS) is 11.8. The molecule has 6 heterocycles. The first-order chi connectivity index (χ1) is 28.7. The molecule has 21 heteroatoms. The Bertz CT molecular complexity index is 3030. The van der Waals surface area contributed by atoms with E-state index in [1.807, 2.05) is 36.4 Å². The van der Waals surface area contributed by atoms with Gasteiger partial charge in [-0.15, -0.1) is 45.6 Å². The standard InChI is InChI=1S/C13H8ClFN2O2S2.C13H9ClN2O2S2.C7H5NS2.C6H5Cl2N/c14-8-5-6-10(16-7-8)12(15)21(18,19)13-17-9-3-1-2-4-11(9)20-13;14-9-5-6-10(15-7-9)8-20(17,18)13-16-11-3-1-2-4-12(11)19-13;9-7-8-5-3-1-2-4-6(5)10-7;7-3-6-2-1-5(8)4-9-6/h1-7,12H;1-7H,8H2;1-4H,(H,8,9);1-2,4H,3H2. The molecule has 3 aromatic carbocycles. The number of hydrogen-bond donors (Lipinski definition) is 1. The number of halogens is 5. The Hall–Kier alpha value is -4.01. The monoisotopic (exact) mass is 994 g/mol. The molecular weight excluding hydrogens is 970 g/mol. The van der Waals surface area contributed by atoms with Crippen LogP contribution in [0, 0.1) is 3.95 Å². The maximum Gasteiger partial charge on any atom is 0.249 e. The van der Waals surface area contributed by atoms with Crippen molar-refractivity contribution in [2.24, 2.45) is 0 Å². The van der Waals surface area contributed by atoms with Crippen LogP contribution in [0.2, 0.25) is 15.1 Å². The van der Waals surface area contributed by atoms with Gasteiger partial charge in [-0.2, -0.15) is 0 Å². The van der Waals surface area contributed by atoms with E-state index in [1.165, 1.54) is 40.6 Å². The van der Waals surface area contributed by atoms with Gasteiger partial charge in [0, 0.05) is 18.6 Å². The lowest BCUT2D eigenvalue weighted by Crippen LogP contribution is -2.10. The molecule has 0 spiro atoms. The van der Waals surface area contributed by atoms with Crippen LogP contribution >= 0.6 is 92.6 Å². The topological polar surface area (TPSA) is 149 Å². The molecule has 0 aliphatic heterocycles. The summed E-state index contributed by atoms with van der Waals surface area (Å²) in [7, 11) is -7.72. The predicted octanol–water partition coefficient (Wildman–Crippen LogP) is 12.5. The zero-order valence-corrected chi connectivity index (χ0v) is 38.2. The third-order valence-electron chi connectivity index (χ3n) is 7.69. The number of benzene rings is 3. The van der Waals surface area contributed by atoms with Crippen LogP contribution in [0.4, 0.5) is 4.39 Å². The third kappa shape index (κ3) is 12.1. The van der Waals surface area contributed by atoms with E-state index < -0.39 is 25.2 Å². The Morgan fingerprint density at radius 1 is 0.617 bits per heavy atom. The number of alkyl halides is 2. The van der Waals surface area contributed by atoms with Gasteiger partial charge in [0.2, 0.25) is 33.9 Å². The van der Waals surface area contributed by atoms with Gasteiger partial charge in [0.1, 0.15) is 0 Å². The van der Waals surface area contributed by atoms with E-state index >= 15 is 0 Å². The second kappa shape index (κ2) is 20.7. The van der Waals surface area contributed by atoms with E-state index in [2.05, 4.69) is 36.0 Å². The summed E-state index contributed by atoms with van der Waals surface area (Å²) in [5, 5.41) is 1.43. The maximum atomic E-state index is 14.3. The average Bonchev–Trinajstić information content (AvgIpc) is 4.00. The summed E-state index contributed by atoms with van der Waals surface area (Å²) >= 11 is 31.1. The summed E-state index contributed by atoms with van der Waals surface area (Å²) in [6.45, 7) is 0. The number of rotatable bonds is 7. The maximum absolute atomic E-state index is 14.3. The van der Waals surface area contributed by atoms with E-state index in [1.54, 1.807) is 72.1 Å². The van der Waals surface area contributed by atoms with Crippen LogP contribution in [0.1, 0.15) is 22.6 Å². The number of hydrogen-bond acceptors (Lipinski definition) is 13. The van der Waals surface area contributed by atoms with Gasteiger partial charge in [0.15, 0.2) is 3.95 Å². The van der Waals surface area contributed by atoms with Crippen LogP contribution < -0.4 is 0 Å². The summed E-state index contributed by atoms with van der Waals surface area (Å²) in [4.78, 5) is 22.9. The van der Waals surface area contributed by atoms with Crippen molar-refractivity contribution in [3.05, 3.63) is 164 Å². The molecule has 0 saturated carbocycles. The highest BCUT2D eigenvalue weighted by molar-refractivity contribution is 7.93. The van der Waals surface area contributed by atoms with Gasteiger partial charge in [0.05, 0.1) is 74.4 Å². The smallest absolute Gasteiger partial charge is 0.249 e. The zero-order chi connectivity index (χ0) is 42.9. The van der Waals surface area contributed by atoms with Crippen molar-refractivity contribution in [3.8, 4) is 0 Å². The minimum Gasteiger partial charge on any atom is -0.337 e. The Morgan fingerprint density at radius 2 is 1.12 bits per heavy atom. The van der Waals surface area contributed by atoms with Gasteiger partial charge in [-0.05, 0) is 85.0 Å². The van der Waals surface area contributed by atoms with Crippen LogP contribution in [0.25, 0.3) is 30.6 Å². The zero-order valence-electron chi connectivity index (χ0n) is 30.3. The molecule has 0 fully saturated rings. The highest BCUT2D eigenvalue weighted by Crippen LogP contribution is 2.34. The Balaban J connectivity index is 0.000000143. The lowest BCUT2D eigenvalue weighted by molar-refractivity contribution is 0.423. The number of nitrogens with zero attached hydrogens (tertiary/aromatic N) is 5. The first kappa shape index (κ1) is 45.5. The minimum absolute atomic E-state index is 0.121. The van der Waals surface area contributed by atoms with Crippen molar-refractivity contribution in [2.75, 3.05) is 0 Å². The van der Waals surface area contributed by atoms with Gasteiger partial charge < -0.3 is 4.98 Å². The number of aromatic nitrogens is 6. The highest BCUT2D eigenvalue weighted by Gasteiger charge is 2.33. The molecular formula is C39H27Cl4FN6O4S6. The molecule has 9 aromatic rings. The van der Waals surface area contributed by atoms with Crippen LogP contribution in [0.5, 0.6) is 0 Å². The molecule has 60 heavy (non-hydrogen) atoms. The van der Waals surface area contributed by atoms with Crippen molar-refractivity contribution in [3.63, 3.8) is 0 Å². The molecule has 308 valence electrons. The number of fused-ring (bicyclic) bond motifs is 3. The quantitative estimate of drug-likeness (QED) is 0.121. The number of pyridine rings is 3. The number of para-hydroxylation sites is 3. The second-order valence-corrected chi connectivity index (χ2v) is 21.7. The molecule has 0 radical (unpaired) electrons. The Kier molecular flexibility index (Phi) is 15.7. The summed E-state index contributed by atoms with van der Waals surface area (Å²) in [6.07, 6.45) is 4.22. The average molecular weight is 997 g/mol. The first-order valence-electron chi connectivity index (χ1n) is 17.0. The lowest BCUT2D eigenvalue weighted by atomic mass is 10.3. The van der Waals surface area contributed by atoms with Crippen LogP contribution in [0.15, 0.2) is 136 Å². The van der Waals surface area contributed by atoms with E-state index in [0.29, 0.717) is 42.4 Å². The number of aromatic amines is 1.